The third kappa shape index (κ3) is 5.27. The lowest BCUT2D eigenvalue weighted by Gasteiger charge is -2.19. The van der Waals surface area contributed by atoms with Gasteiger partial charge in [-0.3, -0.25) is 4.55 Å². The van der Waals surface area contributed by atoms with E-state index in [0.29, 0.717) is 12.8 Å². The zero-order valence-electron chi connectivity index (χ0n) is 9.47. The summed E-state index contributed by atoms with van der Waals surface area (Å²) in [7, 11) is -4.09. The molecule has 0 rings (SSSR count). The van der Waals surface area contributed by atoms with Gasteiger partial charge < -0.3 is 4.74 Å². The van der Waals surface area contributed by atoms with Crippen LogP contribution in [0.4, 0.5) is 0 Å². The number of carbonyl (C=O) groups excluding carboxylic acids is 1. The van der Waals surface area contributed by atoms with Gasteiger partial charge in [0.15, 0.2) is 0 Å². The lowest BCUT2D eigenvalue weighted by atomic mass is 10.1. The first-order valence-electron chi connectivity index (χ1n) is 4.81. The highest BCUT2D eigenvalue weighted by atomic mass is 32.2. The van der Waals surface area contributed by atoms with Crippen molar-refractivity contribution < 1.29 is 22.5 Å². The molecule has 0 unspecified atom stereocenters. The van der Waals surface area contributed by atoms with E-state index >= 15 is 0 Å². The molecule has 0 aromatic heterocycles. The second kappa shape index (κ2) is 6.00. The summed E-state index contributed by atoms with van der Waals surface area (Å²) in [6.45, 7) is 6.24. The highest BCUT2D eigenvalue weighted by Gasteiger charge is 2.31. The van der Waals surface area contributed by atoms with E-state index in [9.17, 15) is 13.2 Å². The first-order chi connectivity index (χ1) is 7.20. The second-order valence-electron chi connectivity index (χ2n) is 3.80. The number of hydrogen-bond acceptors (Lipinski definition) is 4. The topological polar surface area (TPSA) is 80.7 Å². The predicted octanol–water partition coefficient (Wildman–Crippen LogP) is 1.37. The summed E-state index contributed by atoms with van der Waals surface area (Å²) < 4.78 is 34.1. The van der Waals surface area contributed by atoms with Crippen LogP contribution >= 0.6 is 0 Å². The third-order valence-corrected chi connectivity index (χ3v) is 3.56. The Morgan fingerprint density at radius 3 is 2.50 bits per heavy atom. The lowest BCUT2D eigenvalue weighted by molar-refractivity contribution is -0.137. The maximum absolute atomic E-state index is 10.9. The number of ether oxygens (including phenoxy) is 1. The third-order valence-electron chi connectivity index (χ3n) is 2.06. The Bertz CT molecular complexity index is 342. The highest BCUT2D eigenvalue weighted by Crippen LogP contribution is 2.20. The smallest absolute Gasteiger partial charge is 0.330 e. The van der Waals surface area contributed by atoms with Gasteiger partial charge in [-0.2, -0.15) is 8.42 Å². The van der Waals surface area contributed by atoms with E-state index in [4.69, 9.17) is 9.29 Å². The van der Waals surface area contributed by atoms with Crippen molar-refractivity contribution in [1.29, 1.82) is 0 Å². The van der Waals surface area contributed by atoms with Gasteiger partial charge in [0.2, 0.25) is 0 Å². The minimum absolute atomic E-state index is 0.197. The standard InChI is InChI=1S/C10H17O5S/c1-4-9(11)15-8-6-5-7-10(2,3)16(12,13)14/h4,7H,1,5-6,8H2,2-3H3,(H,12,13,14). The maximum atomic E-state index is 10.9. The maximum Gasteiger partial charge on any atom is 0.330 e. The van der Waals surface area contributed by atoms with Crippen LogP contribution in [0.2, 0.25) is 0 Å². The Labute approximate surface area is 96.2 Å². The van der Waals surface area contributed by atoms with Gasteiger partial charge in [0, 0.05) is 6.08 Å². The summed E-state index contributed by atoms with van der Waals surface area (Å²) >= 11 is 0. The van der Waals surface area contributed by atoms with Gasteiger partial charge in [-0.05, 0) is 33.1 Å². The largest absolute Gasteiger partial charge is 0.463 e. The van der Waals surface area contributed by atoms with Gasteiger partial charge in [-0.15, -0.1) is 0 Å². The number of rotatable bonds is 7. The first-order valence-corrected chi connectivity index (χ1v) is 6.25. The predicted molar refractivity (Wildman–Crippen MR) is 60.3 cm³/mol. The summed E-state index contributed by atoms with van der Waals surface area (Å²) in [6.07, 6.45) is 3.46. The molecule has 6 heteroatoms. The molecule has 93 valence electrons. The summed E-state index contributed by atoms with van der Waals surface area (Å²) in [4.78, 5) is 10.6. The number of unbranched alkanes of at least 4 members (excludes halogenated alkanes) is 1. The average Bonchev–Trinajstić information content (AvgIpc) is 2.15. The molecule has 0 saturated heterocycles. The Morgan fingerprint density at radius 2 is 2.06 bits per heavy atom. The molecule has 0 aliphatic heterocycles. The SMILES string of the molecule is C=CC(=O)OCCC[CH]C(C)(C)S(=O)(=O)O. The summed E-state index contributed by atoms with van der Waals surface area (Å²) in [6, 6.07) is 0. The molecule has 0 atom stereocenters. The van der Waals surface area contributed by atoms with Crippen molar-refractivity contribution in [2.75, 3.05) is 6.61 Å². The van der Waals surface area contributed by atoms with Crippen LogP contribution < -0.4 is 0 Å². The Balaban J connectivity index is 3.83. The van der Waals surface area contributed by atoms with Crippen molar-refractivity contribution in [3.63, 3.8) is 0 Å². The molecule has 0 aliphatic carbocycles. The van der Waals surface area contributed by atoms with Crippen LogP contribution in [0, 0.1) is 6.42 Å². The molecule has 0 aromatic rings. The fourth-order valence-corrected chi connectivity index (χ4v) is 1.20. The van der Waals surface area contributed by atoms with Crippen molar-refractivity contribution in [1.82, 2.24) is 0 Å². The van der Waals surface area contributed by atoms with Crippen molar-refractivity contribution in [2.45, 2.75) is 31.4 Å². The van der Waals surface area contributed by atoms with Crippen LogP contribution in [0.1, 0.15) is 26.7 Å². The molecule has 16 heavy (non-hydrogen) atoms. The van der Waals surface area contributed by atoms with E-state index in [1.807, 2.05) is 0 Å². The van der Waals surface area contributed by atoms with Crippen molar-refractivity contribution >= 4 is 16.1 Å². The van der Waals surface area contributed by atoms with Crippen LogP contribution in [0.5, 0.6) is 0 Å². The van der Waals surface area contributed by atoms with Crippen molar-refractivity contribution in [2.24, 2.45) is 0 Å². The molecule has 0 spiro atoms. The highest BCUT2D eigenvalue weighted by molar-refractivity contribution is 7.87. The van der Waals surface area contributed by atoms with E-state index in [0.717, 1.165) is 6.08 Å². The molecule has 0 heterocycles. The summed E-state index contributed by atoms with van der Waals surface area (Å²) in [5.74, 6) is -0.506. The molecule has 1 N–H and O–H groups in total. The fourth-order valence-electron chi connectivity index (χ4n) is 0.870. The zero-order valence-corrected chi connectivity index (χ0v) is 10.3. The minimum atomic E-state index is -4.09. The normalized spacial score (nSPS) is 12.2. The Morgan fingerprint density at radius 1 is 1.50 bits per heavy atom. The van der Waals surface area contributed by atoms with E-state index in [1.54, 1.807) is 0 Å². The monoisotopic (exact) mass is 249 g/mol. The molecule has 0 aromatic carbocycles. The molecule has 0 bridgehead atoms. The van der Waals surface area contributed by atoms with Gasteiger partial charge in [0.25, 0.3) is 10.1 Å². The van der Waals surface area contributed by atoms with E-state index in [1.165, 1.54) is 20.3 Å². The number of carbonyl (C=O) groups is 1. The molecule has 0 fully saturated rings. The van der Waals surface area contributed by atoms with Crippen LogP contribution in [-0.2, 0) is 19.6 Å². The summed E-state index contributed by atoms with van der Waals surface area (Å²) in [5, 5.41) is 0. The quantitative estimate of drug-likeness (QED) is 0.319. The van der Waals surface area contributed by atoms with Crippen LogP contribution in [0.3, 0.4) is 0 Å². The minimum Gasteiger partial charge on any atom is -0.463 e. The van der Waals surface area contributed by atoms with E-state index in [2.05, 4.69) is 6.58 Å². The molecule has 0 amide bonds. The number of esters is 1. The molecule has 0 aliphatic rings. The first kappa shape index (κ1) is 15.1. The molecule has 5 nitrogen and oxygen atoms in total. The van der Waals surface area contributed by atoms with Crippen molar-refractivity contribution in [3.8, 4) is 0 Å². The van der Waals surface area contributed by atoms with Gasteiger partial charge in [-0.25, -0.2) is 4.79 Å². The number of hydrogen-bond donors (Lipinski definition) is 1. The van der Waals surface area contributed by atoms with Crippen LogP contribution in [0.15, 0.2) is 12.7 Å². The fraction of sp³-hybridized carbons (Fsp3) is 0.600. The molecular weight excluding hydrogens is 232 g/mol. The van der Waals surface area contributed by atoms with Gasteiger partial charge in [0.05, 0.1) is 11.4 Å². The van der Waals surface area contributed by atoms with E-state index in [-0.39, 0.29) is 6.61 Å². The van der Waals surface area contributed by atoms with Gasteiger partial charge in [0.1, 0.15) is 0 Å². The lowest BCUT2D eigenvalue weighted by Crippen LogP contribution is -2.31. The second-order valence-corrected chi connectivity index (χ2v) is 5.80. The average molecular weight is 249 g/mol. The summed E-state index contributed by atoms with van der Waals surface area (Å²) in [5.41, 5.74) is 0. The van der Waals surface area contributed by atoms with Crippen molar-refractivity contribution in [3.05, 3.63) is 19.1 Å². The molecular formula is C10H17O5S. The Kier molecular flexibility index (Phi) is 5.67. The van der Waals surface area contributed by atoms with E-state index < -0.39 is 20.8 Å². The molecule has 1 radical (unpaired) electrons. The zero-order chi connectivity index (χ0) is 12.8. The molecule has 0 saturated carbocycles. The van der Waals surface area contributed by atoms with Gasteiger partial charge >= 0.3 is 5.97 Å². The van der Waals surface area contributed by atoms with Crippen LogP contribution in [-0.4, -0.2) is 30.3 Å². The van der Waals surface area contributed by atoms with Gasteiger partial charge in [-0.1, -0.05) is 6.58 Å². The Hall–Kier alpha value is -0.880. The van der Waals surface area contributed by atoms with Crippen LogP contribution in [0.25, 0.3) is 0 Å².